The van der Waals surface area contributed by atoms with E-state index in [2.05, 4.69) is 9.97 Å². The van der Waals surface area contributed by atoms with Gasteiger partial charge >= 0.3 is 0 Å². The van der Waals surface area contributed by atoms with E-state index in [0.717, 1.165) is 0 Å². The van der Waals surface area contributed by atoms with Crippen LogP contribution in [-0.4, -0.2) is 29.0 Å². The van der Waals surface area contributed by atoms with Crippen LogP contribution in [0.4, 0.5) is 5.69 Å². The fraction of sp³-hybridized carbons (Fsp3) is 0.444. The number of aromatic nitrogens is 2. The zero-order valence-electron chi connectivity index (χ0n) is 7.64. The molecule has 1 saturated heterocycles. The molecule has 1 atom stereocenters. The maximum atomic E-state index is 11.5. The molecule has 0 radical (unpaired) electrons. The quantitative estimate of drug-likeness (QED) is 0.686. The van der Waals surface area contributed by atoms with E-state index in [1.807, 2.05) is 0 Å². The van der Waals surface area contributed by atoms with E-state index < -0.39 is 0 Å². The second-order valence-electron chi connectivity index (χ2n) is 3.22. The molecule has 0 amide bonds. The standard InChI is InChI=1S/C9H11N3O2/c10-6-3-11-9(12-4-6)7-5-14-2-1-8(7)13/h3-4,7H,1-2,5,10H2. The summed E-state index contributed by atoms with van der Waals surface area (Å²) in [4.78, 5) is 19.5. The molecule has 2 heterocycles. The molecule has 1 aromatic heterocycles. The number of nitrogens with zero attached hydrogens (tertiary/aromatic N) is 2. The summed E-state index contributed by atoms with van der Waals surface area (Å²) in [6.07, 6.45) is 3.45. The Bertz CT molecular complexity index is 336. The monoisotopic (exact) mass is 193 g/mol. The van der Waals surface area contributed by atoms with E-state index in [-0.39, 0.29) is 11.7 Å². The molecule has 1 aliphatic rings. The molecule has 2 rings (SSSR count). The molecule has 0 saturated carbocycles. The highest BCUT2D eigenvalue weighted by Crippen LogP contribution is 2.18. The van der Waals surface area contributed by atoms with Crippen LogP contribution in [0, 0.1) is 0 Å². The minimum absolute atomic E-state index is 0.140. The molecule has 0 aliphatic carbocycles. The summed E-state index contributed by atoms with van der Waals surface area (Å²) < 4.78 is 5.21. The number of anilines is 1. The molecule has 5 nitrogen and oxygen atoms in total. The Balaban J connectivity index is 2.20. The summed E-state index contributed by atoms with van der Waals surface area (Å²) in [5.41, 5.74) is 5.95. The number of carbonyl (C=O) groups is 1. The minimum Gasteiger partial charge on any atom is -0.396 e. The van der Waals surface area contributed by atoms with Gasteiger partial charge in [-0.25, -0.2) is 9.97 Å². The fourth-order valence-electron chi connectivity index (χ4n) is 1.39. The van der Waals surface area contributed by atoms with Gasteiger partial charge in [-0.3, -0.25) is 4.79 Å². The van der Waals surface area contributed by atoms with Crippen LogP contribution in [0.1, 0.15) is 18.2 Å². The number of Topliss-reactive ketones (excluding diaryl/α,β-unsaturated/α-hetero) is 1. The van der Waals surface area contributed by atoms with Crippen molar-refractivity contribution in [3.05, 3.63) is 18.2 Å². The number of nitrogen functional groups attached to an aromatic ring is 1. The number of ketones is 1. The second-order valence-corrected chi connectivity index (χ2v) is 3.22. The van der Waals surface area contributed by atoms with Crippen molar-refractivity contribution in [1.29, 1.82) is 0 Å². The molecule has 0 spiro atoms. The molecule has 0 aromatic carbocycles. The number of carbonyl (C=O) groups excluding carboxylic acids is 1. The van der Waals surface area contributed by atoms with E-state index in [1.54, 1.807) is 0 Å². The van der Waals surface area contributed by atoms with Gasteiger partial charge in [-0.05, 0) is 0 Å². The Labute approximate surface area is 81.3 Å². The van der Waals surface area contributed by atoms with Crippen molar-refractivity contribution in [2.75, 3.05) is 18.9 Å². The first-order chi connectivity index (χ1) is 6.77. The average Bonchev–Trinajstić information content (AvgIpc) is 2.20. The molecular formula is C9H11N3O2. The first kappa shape index (κ1) is 9.08. The number of nitrogens with two attached hydrogens (primary N) is 1. The highest BCUT2D eigenvalue weighted by molar-refractivity contribution is 5.85. The zero-order chi connectivity index (χ0) is 9.97. The van der Waals surface area contributed by atoms with E-state index >= 15 is 0 Å². The van der Waals surface area contributed by atoms with Crippen LogP contribution in [0.15, 0.2) is 12.4 Å². The summed E-state index contributed by atoms with van der Waals surface area (Å²) in [5.74, 6) is 0.328. The van der Waals surface area contributed by atoms with Crippen molar-refractivity contribution in [2.45, 2.75) is 12.3 Å². The third kappa shape index (κ3) is 1.72. The molecule has 14 heavy (non-hydrogen) atoms. The van der Waals surface area contributed by atoms with Gasteiger partial charge in [0.25, 0.3) is 0 Å². The van der Waals surface area contributed by atoms with Gasteiger partial charge in [0.05, 0.1) is 31.3 Å². The van der Waals surface area contributed by atoms with E-state index in [1.165, 1.54) is 12.4 Å². The summed E-state index contributed by atoms with van der Waals surface area (Å²) in [6.45, 7) is 0.882. The molecule has 1 unspecified atom stereocenters. The van der Waals surface area contributed by atoms with Crippen molar-refractivity contribution >= 4 is 11.5 Å². The SMILES string of the molecule is Nc1cnc(C2COCCC2=O)nc1. The number of hydrogen-bond acceptors (Lipinski definition) is 5. The summed E-state index contributed by atoms with van der Waals surface area (Å²) >= 11 is 0. The highest BCUT2D eigenvalue weighted by atomic mass is 16.5. The largest absolute Gasteiger partial charge is 0.396 e. The smallest absolute Gasteiger partial charge is 0.148 e. The molecule has 0 bridgehead atoms. The molecule has 1 aliphatic heterocycles. The van der Waals surface area contributed by atoms with Gasteiger partial charge in [0.1, 0.15) is 17.5 Å². The Morgan fingerprint density at radius 1 is 1.43 bits per heavy atom. The van der Waals surface area contributed by atoms with Crippen LogP contribution in [0.2, 0.25) is 0 Å². The maximum absolute atomic E-state index is 11.5. The van der Waals surface area contributed by atoms with Crippen LogP contribution in [0.5, 0.6) is 0 Å². The van der Waals surface area contributed by atoms with Crippen molar-refractivity contribution in [2.24, 2.45) is 0 Å². The van der Waals surface area contributed by atoms with Crippen molar-refractivity contribution in [3.8, 4) is 0 Å². The predicted molar refractivity (Wildman–Crippen MR) is 49.6 cm³/mol. The lowest BCUT2D eigenvalue weighted by molar-refractivity contribution is -0.126. The lowest BCUT2D eigenvalue weighted by Gasteiger charge is -2.19. The number of rotatable bonds is 1. The van der Waals surface area contributed by atoms with Gasteiger partial charge in [-0.15, -0.1) is 0 Å². The Hall–Kier alpha value is -1.49. The van der Waals surface area contributed by atoms with Gasteiger partial charge in [0.2, 0.25) is 0 Å². The van der Waals surface area contributed by atoms with Crippen molar-refractivity contribution in [3.63, 3.8) is 0 Å². The van der Waals surface area contributed by atoms with E-state index in [0.29, 0.717) is 31.1 Å². The van der Waals surface area contributed by atoms with E-state index in [4.69, 9.17) is 10.5 Å². The lowest BCUT2D eigenvalue weighted by Crippen LogP contribution is -2.27. The van der Waals surface area contributed by atoms with Crippen LogP contribution in [-0.2, 0) is 9.53 Å². The third-order valence-electron chi connectivity index (χ3n) is 2.17. The maximum Gasteiger partial charge on any atom is 0.148 e. The van der Waals surface area contributed by atoms with Crippen molar-refractivity contribution < 1.29 is 9.53 Å². The topological polar surface area (TPSA) is 78.1 Å². The van der Waals surface area contributed by atoms with Gasteiger partial charge < -0.3 is 10.5 Å². The summed E-state index contributed by atoms with van der Waals surface area (Å²) in [5, 5.41) is 0. The van der Waals surface area contributed by atoms with Gasteiger partial charge in [-0.1, -0.05) is 0 Å². The molecule has 5 heteroatoms. The Kier molecular flexibility index (Phi) is 2.41. The number of hydrogen-bond donors (Lipinski definition) is 1. The minimum atomic E-state index is -0.315. The van der Waals surface area contributed by atoms with Gasteiger partial charge in [-0.2, -0.15) is 0 Å². The third-order valence-corrected chi connectivity index (χ3v) is 2.17. The molecule has 74 valence electrons. The van der Waals surface area contributed by atoms with E-state index in [9.17, 15) is 4.79 Å². The highest BCUT2D eigenvalue weighted by Gasteiger charge is 2.26. The zero-order valence-corrected chi connectivity index (χ0v) is 7.64. The molecule has 1 fully saturated rings. The second kappa shape index (κ2) is 3.71. The Morgan fingerprint density at radius 2 is 2.14 bits per heavy atom. The summed E-state index contributed by atoms with van der Waals surface area (Å²) in [7, 11) is 0. The van der Waals surface area contributed by atoms with Crippen LogP contribution < -0.4 is 5.73 Å². The molecule has 1 aromatic rings. The van der Waals surface area contributed by atoms with Crippen LogP contribution in [0.25, 0.3) is 0 Å². The lowest BCUT2D eigenvalue weighted by atomic mass is 10.00. The van der Waals surface area contributed by atoms with Crippen molar-refractivity contribution in [1.82, 2.24) is 9.97 Å². The molecular weight excluding hydrogens is 182 g/mol. The average molecular weight is 193 g/mol. The fourth-order valence-corrected chi connectivity index (χ4v) is 1.39. The Morgan fingerprint density at radius 3 is 2.79 bits per heavy atom. The van der Waals surface area contributed by atoms with Gasteiger partial charge in [0.15, 0.2) is 0 Å². The van der Waals surface area contributed by atoms with Gasteiger partial charge in [0, 0.05) is 6.42 Å². The normalized spacial score (nSPS) is 22.3. The van der Waals surface area contributed by atoms with Crippen LogP contribution in [0.3, 0.4) is 0 Å². The predicted octanol–water partition coefficient (Wildman–Crippen LogP) is 0.132. The number of ether oxygens (including phenoxy) is 1. The first-order valence-corrected chi connectivity index (χ1v) is 4.45. The first-order valence-electron chi connectivity index (χ1n) is 4.45. The molecule has 2 N–H and O–H groups in total. The summed E-state index contributed by atoms with van der Waals surface area (Å²) in [6, 6.07) is 0. The van der Waals surface area contributed by atoms with Crippen LogP contribution >= 0.6 is 0 Å².